The molecular weight excluding hydrogens is 222 g/mol. The molecule has 2 heteroatoms. The van der Waals surface area contributed by atoms with Crippen LogP contribution in [-0.4, -0.2) is 17.8 Å². The van der Waals surface area contributed by atoms with Gasteiger partial charge >= 0.3 is 0 Å². The fourth-order valence-corrected chi connectivity index (χ4v) is 2.36. The Kier molecular flexibility index (Phi) is 3.31. The van der Waals surface area contributed by atoms with Gasteiger partial charge in [0.05, 0.1) is 6.10 Å². The van der Waals surface area contributed by atoms with Crippen LogP contribution in [0.15, 0.2) is 42.5 Å². The molecule has 2 aromatic rings. The molecule has 0 heterocycles. The van der Waals surface area contributed by atoms with Crippen LogP contribution in [0.4, 0.5) is 0 Å². The fourth-order valence-electron chi connectivity index (χ4n) is 2.36. The van der Waals surface area contributed by atoms with E-state index < -0.39 is 0 Å². The third kappa shape index (κ3) is 2.71. The van der Waals surface area contributed by atoms with Crippen molar-refractivity contribution in [2.24, 2.45) is 5.92 Å². The summed E-state index contributed by atoms with van der Waals surface area (Å²) in [6, 6.07) is 14.9. The van der Waals surface area contributed by atoms with Crippen LogP contribution < -0.4 is 5.32 Å². The minimum atomic E-state index is -0.162. The minimum Gasteiger partial charge on any atom is -0.392 e. The topological polar surface area (TPSA) is 32.3 Å². The molecule has 94 valence electrons. The summed E-state index contributed by atoms with van der Waals surface area (Å²) < 4.78 is 0. The molecule has 2 aromatic carbocycles. The van der Waals surface area contributed by atoms with Gasteiger partial charge in [-0.15, -0.1) is 0 Å². The predicted octanol–water partition coefficient (Wildman–Crippen LogP) is 2.70. The van der Waals surface area contributed by atoms with Gasteiger partial charge in [0.2, 0.25) is 0 Å². The highest BCUT2D eigenvalue weighted by Crippen LogP contribution is 2.32. The second kappa shape index (κ2) is 5.09. The summed E-state index contributed by atoms with van der Waals surface area (Å²) in [6.45, 7) is 1.53. The van der Waals surface area contributed by atoms with Crippen molar-refractivity contribution >= 4 is 10.8 Å². The molecule has 1 saturated carbocycles. The Morgan fingerprint density at radius 1 is 1.11 bits per heavy atom. The number of nitrogens with one attached hydrogen (secondary N) is 1. The molecule has 0 bridgehead atoms. The van der Waals surface area contributed by atoms with Crippen molar-refractivity contribution in [1.82, 2.24) is 5.32 Å². The molecule has 18 heavy (non-hydrogen) atoms. The van der Waals surface area contributed by atoms with Crippen molar-refractivity contribution in [3.63, 3.8) is 0 Å². The van der Waals surface area contributed by atoms with Crippen molar-refractivity contribution < 1.29 is 5.11 Å². The van der Waals surface area contributed by atoms with Gasteiger partial charge in [-0.2, -0.15) is 0 Å². The molecule has 2 N–H and O–H groups in total. The number of aliphatic hydroxyl groups excluding tert-OH is 1. The van der Waals surface area contributed by atoms with Gasteiger partial charge in [0, 0.05) is 13.1 Å². The van der Waals surface area contributed by atoms with E-state index >= 15 is 0 Å². The summed E-state index contributed by atoms with van der Waals surface area (Å²) in [5.41, 5.74) is 1.27. The fraction of sp³-hybridized carbons (Fsp3) is 0.375. The first kappa shape index (κ1) is 11.7. The van der Waals surface area contributed by atoms with Gasteiger partial charge in [-0.1, -0.05) is 36.4 Å². The van der Waals surface area contributed by atoms with Gasteiger partial charge in [0.1, 0.15) is 0 Å². The van der Waals surface area contributed by atoms with Gasteiger partial charge in [-0.3, -0.25) is 0 Å². The molecule has 0 saturated heterocycles. The molecule has 0 radical (unpaired) electrons. The highest BCUT2D eigenvalue weighted by Gasteiger charge is 2.28. The lowest BCUT2D eigenvalue weighted by atomic mass is 10.1. The van der Waals surface area contributed by atoms with Crippen LogP contribution in [0.1, 0.15) is 18.4 Å². The van der Waals surface area contributed by atoms with E-state index in [1.807, 2.05) is 0 Å². The van der Waals surface area contributed by atoms with Crippen LogP contribution in [0, 0.1) is 5.92 Å². The summed E-state index contributed by atoms with van der Waals surface area (Å²) in [4.78, 5) is 0. The van der Waals surface area contributed by atoms with E-state index in [2.05, 4.69) is 47.8 Å². The van der Waals surface area contributed by atoms with Crippen molar-refractivity contribution in [1.29, 1.82) is 0 Å². The number of rotatable bonds is 5. The van der Waals surface area contributed by atoms with Crippen molar-refractivity contribution in [2.45, 2.75) is 25.5 Å². The average Bonchev–Trinajstić information content (AvgIpc) is 3.23. The van der Waals surface area contributed by atoms with Crippen LogP contribution in [0.3, 0.4) is 0 Å². The first-order valence-electron chi connectivity index (χ1n) is 6.69. The van der Waals surface area contributed by atoms with Crippen LogP contribution in [0.25, 0.3) is 10.8 Å². The number of benzene rings is 2. The maximum Gasteiger partial charge on any atom is 0.0692 e. The van der Waals surface area contributed by atoms with Crippen LogP contribution >= 0.6 is 0 Å². The molecule has 1 aliphatic carbocycles. The molecular formula is C16H19NO. The lowest BCUT2D eigenvalue weighted by molar-refractivity contribution is 0.148. The van der Waals surface area contributed by atoms with E-state index in [-0.39, 0.29) is 6.10 Å². The molecule has 1 unspecified atom stereocenters. The number of fused-ring (bicyclic) bond motifs is 1. The molecule has 3 rings (SSSR count). The maximum absolute atomic E-state index is 9.78. The zero-order valence-corrected chi connectivity index (χ0v) is 10.5. The standard InChI is InChI=1S/C16H19NO/c18-16(14-7-8-14)11-17-10-12-5-6-13-3-1-2-4-15(13)9-12/h1-6,9,14,16-18H,7-8,10-11H2. The highest BCUT2D eigenvalue weighted by molar-refractivity contribution is 5.82. The lowest BCUT2D eigenvalue weighted by Crippen LogP contribution is -2.27. The Balaban J connectivity index is 1.60. The van der Waals surface area contributed by atoms with Gasteiger partial charge in [-0.05, 0) is 41.2 Å². The molecule has 0 spiro atoms. The normalized spacial score (nSPS) is 16.9. The number of aliphatic hydroxyl groups is 1. The van der Waals surface area contributed by atoms with E-state index in [0.29, 0.717) is 12.5 Å². The molecule has 1 aliphatic rings. The van der Waals surface area contributed by atoms with Crippen molar-refractivity contribution in [2.75, 3.05) is 6.54 Å². The molecule has 0 amide bonds. The SMILES string of the molecule is OC(CNCc1ccc2ccccc2c1)C1CC1. The summed E-state index contributed by atoms with van der Waals surface area (Å²) in [5, 5.41) is 15.7. The Morgan fingerprint density at radius 2 is 1.89 bits per heavy atom. The summed E-state index contributed by atoms with van der Waals surface area (Å²) in [5.74, 6) is 0.550. The average molecular weight is 241 g/mol. The number of hydrogen-bond donors (Lipinski definition) is 2. The maximum atomic E-state index is 9.78. The van der Waals surface area contributed by atoms with Crippen LogP contribution in [0.2, 0.25) is 0 Å². The molecule has 1 fully saturated rings. The minimum absolute atomic E-state index is 0.162. The Bertz CT molecular complexity index is 533. The zero-order valence-electron chi connectivity index (χ0n) is 10.5. The molecule has 0 aromatic heterocycles. The van der Waals surface area contributed by atoms with Crippen LogP contribution in [0.5, 0.6) is 0 Å². The van der Waals surface area contributed by atoms with Gasteiger partial charge in [0.25, 0.3) is 0 Å². The Hall–Kier alpha value is -1.38. The summed E-state index contributed by atoms with van der Waals surface area (Å²) >= 11 is 0. The highest BCUT2D eigenvalue weighted by atomic mass is 16.3. The van der Waals surface area contributed by atoms with E-state index in [1.54, 1.807) is 0 Å². The van der Waals surface area contributed by atoms with Gasteiger partial charge in [0.15, 0.2) is 0 Å². The Labute approximate surface area is 108 Å². The number of hydrogen-bond acceptors (Lipinski definition) is 2. The van der Waals surface area contributed by atoms with Crippen molar-refractivity contribution in [3.8, 4) is 0 Å². The first-order valence-corrected chi connectivity index (χ1v) is 6.69. The molecule has 0 aliphatic heterocycles. The lowest BCUT2D eigenvalue weighted by Gasteiger charge is -2.11. The summed E-state index contributed by atoms with van der Waals surface area (Å²) in [7, 11) is 0. The summed E-state index contributed by atoms with van der Waals surface area (Å²) in [6.07, 6.45) is 2.22. The second-order valence-electron chi connectivity index (χ2n) is 5.22. The second-order valence-corrected chi connectivity index (χ2v) is 5.22. The smallest absolute Gasteiger partial charge is 0.0692 e. The van der Waals surface area contributed by atoms with Gasteiger partial charge < -0.3 is 10.4 Å². The van der Waals surface area contributed by atoms with E-state index in [4.69, 9.17) is 0 Å². The van der Waals surface area contributed by atoms with Crippen LogP contribution in [-0.2, 0) is 6.54 Å². The van der Waals surface area contributed by atoms with E-state index in [0.717, 1.165) is 6.54 Å². The quantitative estimate of drug-likeness (QED) is 0.843. The molecule has 2 nitrogen and oxygen atoms in total. The largest absolute Gasteiger partial charge is 0.392 e. The van der Waals surface area contributed by atoms with Gasteiger partial charge in [-0.25, -0.2) is 0 Å². The van der Waals surface area contributed by atoms with E-state index in [9.17, 15) is 5.11 Å². The third-order valence-corrected chi connectivity index (χ3v) is 3.66. The monoisotopic (exact) mass is 241 g/mol. The van der Waals surface area contributed by atoms with E-state index in [1.165, 1.54) is 29.2 Å². The molecule has 1 atom stereocenters. The predicted molar refractivity (Wildman–Crippen MR) is 74.4 cm³/mol. The first-order chi connectivity index (χ1) is 8.83. The Morgan fingerprint density at radius 3 is 2.67 bits per heavy atom. The zero-order chi connectivity index (χ0) is 12.4. The van der Waals surface area contributed by atoms with Crippen molar-refractivity contribution in [3.05, 3.63) is 48.0 Å². The third-order valence-electron chi connectivity index (χ3n) is 3.66.